The highest BCUT2D eigenvalue weighted by molar-refractivity contribution is 5.93. The van der Waals surface area contributed by atoms with Gasteiger partial charge >= 0.3 is 5.97 Å². The van der Waals surface area contributed by atoms with Crippen LogP contribution in [0.25, 0.3) is 6.08 Å². The van der Waals surface area contributed by atoms with Crippen molar-refractivity contribution in [3.8, 4) is 11.5 Å². The van der Waals surface area contributed by atoms with E-state index in [4.69, 9.17) is 14.2 Å². The number of nitrogens with zero attached hydrogens (tertiary/aromatic N) is 1. The highest BCUT2D eigenvalue weighted by Gasteiger charge is 2.33. The van der Waals surface area contributed by atoms with E-state index in [1.807, 2.05) is 0 Å². The quantitative estimate of drug-likeness (QED) is 0.534. The second-order valence-corrected chi connectivity index (χ2v) is 6.09. The van der Waals surface area contributed by atoms with E-state index in [-0.39, 0.29) is 23.8 Å². The first-order chi connectivity index (χ1) is 12.0. The summed E-state index contributed by atoms with van der Waals surface area (Å²) in [5.74, 6) is 0.561. The summed E-state index contributed by atoms with van der Waals surface area (Å²) in [6.45, 7) is 2.12. The van der Waals surface area contributed by atoms with Crippen LogP contribution in [0.2, 0.25) is 0 Å². The van der Waals surface area contributed by atoms with Crippen LogP contribution in [0.5, 0.6) is 11.5 Å². The molecule has 0 aromatic heterocycles. The van der Waals surface area contributed by atoms with Gasteiger partial charge in [0.1, 0.15) is 11.5 Å². The first-order valence-electron chi connectivity index (χ1n) is 8.28. The van der Waals surface area contributed by atoms with Gasteiger partial charge in [0, 0.05) is 24.2 Å². The normalized spacial score (nSPS) is 14.9. The zero-order valence-electron chi connectivity index (χ0n) is 15.2. The Kier molecular flexibility index (Phi) is 6.44. The monoisotopic (exact) mass is 347 g/mol. The minimum absolute atomic E-state index is 0.122. The van der Waals surface area contributed by atoms with Gasteiger partial charge < -0.3 is 19.1 Å². The van der Waals surface area contributed by atoms with Gasteiger partial charge in [-0.3, -0.25) is 9.59 Å². The van der Waals surface area contributed by atoms with Crippen molar-refractivity contribution in [1.82, 2.24) is 4.90 Å². The lowest BCUT2D eigenvalue weighted by Crippen LogP contribution is -2.37. The van der Waals surface area contributed by atoms with Crippen LogP contribution in [0.1, 0.15) is 25.3 Å². The number of benzene rings is 1. The lowest BCUT2D eigenvalue weighted by atomic mass is 10.1. The van der Waals surface area contributed by atoms with E-state index in [9.17, 15) is 9.59 Å². The second-order valence-electron chi connectivity index (χ2n) is 6.09. The summed E-state index contributed by atoms with van der Waals surface area (Å²) in [5, 5.41) is 0. The van der Waals surface area contributed by atoms with Crippen molar-refractivity contribution < 1.29 is 23.8 Å². The fraction of sp³-hybridized carbons (Fsp3) is 0.474. The Hall–Kier alpha value is -2.50. The van der Waals surface area contributed by atoms with E-state index >= 15 is 0 Å². The third-order valence-electron chi connectivity index (χ3n) is 4.19. The number of esters is 1. The molecule has 1 saturated carbocycles. The summed E-state index contributed by atoms with van der Waals surface area (Å²) in [7, 11) is 4.52. The van der Waals surface area contributed by atoms with E-state index in [0.717, 1.165) is 18.4 Å². The van der Waals surface area contributed by atoms with Gasteiger partial charge in [-0.15, -0.1) is 0 Å². The summed E-state index contributed by atoms with van der Waals surface area (Å²) >= 11 is 0. The lowest BCUT2D eigenvalue weighted by Gasteiger charge is -2.23. The van der Waals surface area contributed by atoms with Gasteiger partial charge in [-0.05, 0) is 37.1 Å². The van der Waals surface area contributed by atoms with Crippen molar-refractivity contribution in [2.45, 2.75) is 25.8 Å². The fourth-order valence-corrected chi connectivity index (χ4v) is 2.60. The van der Waals surface area contributed by atoms with E-state index in [1.54, 1.807) is 50.3 Å². The van der Waals surface area contributed by atoms with Gasteiger partial charge in [0.25, 0.3) is 0 Å². The molecule has 0 N–H and O–H groups in total. The van der Waals surface area contributed by atoms with Crippen LogP contribution in [0.4, 0.5) is 0 Å². The molecule has 0 heterocycles. The number of hydrogen-bond acceptors (Lipinski definition) is 5. The maximum Gasteiger partial charge on any atom is 0.310 e. The van der Waals surface area contributed by atoms with Crippen molar-refractivity contribution >= 4 is 18.0 Å². The summed E-state index contributed by atoms with van der Waals surface area (Å²) in [4.78, 5) is 26.0. The van der Waals surface area contributed by atoms with Crippen LogP contribution >= 0.6 is 0 Å². The minimum Gasteiger partial charge on any atom is -0.497 e. The van der Waals surface area contributed by atoms with Crippen molar-refractivity contribution in [3.05, 3.63) is 29.8 Å². The Morgan fingerprint density at radius 2 is 1.96 bits per heavy atom. The number of hydrogen-bond donors (Lipinski definition) is 0. The standard InChI is InChI=1S/C19H25NO5/c1-13(19(22)25-4)12-20(15-6-7-15)18(21)10-5-14-11-16(23-2)8-9-17(14)24-3/h5,8-11,13,15H,6-7,12H2,1-4H3/b10-5+. The number of methoxy groups -OCH3 is 3. The first kappa shape index (κ1) is 18.8. The molecule has 1 atom stereocenters. The fourth-order valence-electron chi connectivity index (χ4n) is 2.60. The zero-order valence-corrected chi connectivity index (χ0v) is 15.2. The molecule has 6 nitrogen and oxygen atoms in total. The van der Waals surface area contributed by atoms with Gasteiger partial charge in [0.2, 0.25) is 5.91 Å². The molecule has 1 aromatic carbocycles. The second kappa shape index (κ2) is 8.55. The van der Waals surface area contributed by atoms with Gasteiger partial charge in [-0.1, -0.05) is 6.92 Å². The van der Waals surface area contributed by atoms with Crippen LogP contribution in [-0.4, -0.2) is 50.7 Å². The van der Waals surface area contributed by atoms with Gasteiger partial charge in [0.05, 0.1) is 27.2 Å². The number of carbonyl (C=O) groups is 2. The van der Waals surface area contributed by atoms with Crippen LogP contribution < -0.4 is 9.47 Å². The maximum absolute atomic E-state index is 12.6. The van der Waals surface area contributed by atoms with Crippen molar-refractivity contribution in [2.75, 3.05) is 27.9 Å². The van der Waals surface area contributed by atoms with Crippen molar-refractivity contribution in [1.29, 1.82) is 0 Å². The molecule has 1 fully saturated rings. The van der Waals surface area contributed by atoms with Crippen molar-refractivity contribution in [2.24, 2.45) is 5.92 Å². The average Bonchev–Trinajstić information content (AvgIpc) is 3.47. The molecule has 0 aliphatic heterocycles. The third-order valence-corrected chi connectivity index (χ3v) is 4.19. The van der Waals surface area contributed by atoms with Crippen LogP contribution in [0.3, 0.4) is 0 Å². The molecule has 1 amide bonds. The lowest BCUT2D eigenvalue weighted by molar-refractivity contribution is -0.146. The van der Waals surface area contributed by atoms with Crippen LogP contribution in [-0.2, 0) is 14.3 Å². The number of ether oxygens (including phenoxy) is 3. The molecule has 0 bridgehead atoms. The molecule has 1 aromatic rings. The average molecular weight is 347 g/mol. The maximum atomic E-state index is 12.6. The Morgan fingerprint density at radius 1 is 1.24 bits per heavy atom. The molecule has 0 spiro atoms. The molecule has 6 heteroatoms. The SMILES string of the molecule is COC(=O)C(C)CN(C(=O)/C=C/c1cc(OC)ccc1OC)C1CC1. The van der Waals surface area contributed by atoms with Crippen molar-refractivity contribution in [3.63, 3.8) is 0 Å². The first-order valence-corrected chi connectivity index (χ1v) is 8.28. The molecule has 136 valence electrons. The number of rotatable bonds is 8. The molecule has 1 aliphatic carbocycles. The highest BCUT2D eigenvalue weighted by atomic mass is 16.5. The molecule has 25 heavy (non-hydrogen) atoms. The summed E-state index contributed by atoms with van der Waals surface area (Å²) in [6.07, 6.45) is 5.16. The van der Waals surface area contributed by atoms with Gasteiger partial charge in [0.15, 0.2) is 0 Å². The predicted molar refractivity (Wildman–Crippen MR) is 94.5 cm³/mol. The Balaban J connectivity index is 2.12. The summed E-state index contributed by atoms with van der Waals surface area (Å²) < 4.78 is 15.3. The largest absolute Gasteiger partial charge is 0.497 e. The molecule has 1 aliphatic rings. The third kappa shape index (κ3) is 4.98. The Bertz CT molecular complexity index is 651. The molecular weight excluding hydrogens is 322 g/mol. The number of amides is 1. The van der Waals surface area contributed by atoms with E-state index in [2.05, 4.69) is 0 Å². The van der Waals surface area contributed by atoms with Gasteiger partial charge in [-0.2, -0.15) is 0 Å². The predicted octanol–water partition coefficient (Wildman–Crippen LogP) is 2.52. The minimum atomic E-state index is -0.352. The smallest absolute Gasteiger partial charge is 0.310 e. The molecule has 0 saturated heterocycles. The van der Waals surface area contributed by atoms with Crippen LogP contribution in [0.15, 0.2) is 24.3 Å². The zero-order chi connectivity index (χ0) is 18.4. The highest BCUT2D eigenvalue weighted by Crippen LogP contribution is 2.29. The number of carbonyl (C=O) groups excluding carboxylic acids is 2. The van der Waals surface area contributed by atoms with E-state index in [0.29, 0.717) is 18.0 Å². The van der Waals surface area contributed by atoms with E-state index in [1.165, 1.54) is 13.2 Å². The Labute approximate surface area is 148 Å². The van der Waals surface area contributed by atoms with E-state index < -0.39 is 0 Å². The summed E-state index contributed by atoms with van der Waals surface area (Å²) in [6, 6.07) is 5.60. The molecule has 0 radical (unpaired) electrons. The topological polar surface area (TPSA) is 65.1 Å². The summed E-state index contributed by atoms with van der Waals surface area (Å²) in [5.41, 5.74) is 0.756. The van der Waals surface area contributed by atoms with Gasteiger partial charge in [-0.25, -0.2) is 0 Å². The molecule has 1 unspecified atom stereocenters. The molecule has 2 rings (SSSR count). The molecular formula is C19H25NO5. The Morgan fingerprint density at radius 3 is 2.52 bits per heavy atom. The van der Waals surface area contributed by atoms with Crippen LogP contribution in [0, 0.1) is 5.92 Å².